The van der Waals surface area contributed by atoms with Gasteiger partial charge in [0.15, 0.2) is 0 Å². The van der Waals surface area contributed by atoms with E-state index in [0.29, 0.717) is 0 Å². The first kappa shape index (κ1) is 78.6. The maximum absolute atomic E-state index is 4.88. The Labute approximate surface area is 748 Å². The van der Waals surface area contributed by atoms with Crippen molar-refractivity contribution in [3.63, 3.8) is 0 Å². The van der Waals surface area contributed by atoms with Crippen LogP contribution in [0.2, 0.25) is 0 Å². The minimum atomic E-state index is -0.0348. The van der Waals surface area contributed by atoms with Gasteiger partial charge in [-0.25, -0.2) is 0 Å². The fraction of sp³-hybridized carbons (Fsp3) is 0.228. The number of benzene rings is 15. The summed E-state index contributed by atoms with van der Waals surface area (Å²) in [6.07, 6.45) is 19.8. The Hall–Kier alpha value is -13.2. The van der Waals surface area contributed by atoms with Crippen molar-refractivity contribution in [2.45, 2.75) is 180 Å². The summed E-state index contributed by atoms with van der Waals surface area (Å²) >= 11 is 0. The molecule has 15 aromatic carbocycles. The molecule has 0 spiro atoms. The predicted octanol–water partition coefficient (Wildman–Crippen LogP) is 34.0. The summed E-state index contributed by atoms with van der Waals surface area (Å²) in [5.41, 5.74) is 45.0. The molecule has 0 radical (unpaired) electrons. The van der Waals surface area contributed by atoms with Crippen molar-refractivity contribution in [1.29, 1.82) is 0 Å². The molecule has 622 valence electrons. The lowest BCUT2D eigenvalue weighted by molar-refractivity contribution is 0.436. The van der Waals surface area contributed by atoms with E-state index in [0.717, 1.165) is 142 Å². The molecular formula is C123H109N4-. The fourth-order valence-electron chi connectivity index (χ4n) is 25.7. The molecule has 4 nitrogen and oxygen atoms in total. The molecule has 0 saturated heterocycles. The summed E-state index contributed by atoms with van der Waals surface area (Å²) in [5.74, 6) is 0. The number of hydrogen-bond donors (Lipinski definition) is 0. The second kappa shape index (κ2) is 30.9. The molecule has 4 aliphatic rings. The third-order valence-electron chi connectivity index (χ3n) is 30.6. The lowest BCUT2D eigenvalue weighted by atomic mass is 9.71. The van der Waals surface area contributed by atoms with Crippen molar-refractivity contribution in [1.82, 2.24) is 18.7 Å². The largest absolute Gasteiger partial charge is 0.327 e. The van der Waals surface area contributed by atoms with Crippen LogP contribution in [0.3, 0.4) is 0 Å². The Balaban J connectivity index is 0.735. The third-order valence-corrected chi connectivity index (χ3v) is 30.6. The van der Waals surface area contributed by atoms with E-state index in [-0.39, 0.29) is 21.7 Å². The molecule has 0 N–H and O–H groups in total. The molecule has 4 heterocycles. The maximum atomic E-state index is 4.88. The first-order valence-electron chi connectivity index (χ1n) is 47.7. The van der Waals surface area contributed by atoms with Gasteiger partial charge < -0.3 is 18.7 Å². The zero-order chi connectivity index (χ0) is 85.6. The van der Waals surface area contributed by atoms with Crippen molar-refractivity contribution in [2.24, 2.45) is 0 Å². The van der Waals surface area contributed by atoms with Crippen LogP contribution in [-0.4, -0.2) is 18.7 Å². The van der Waals surface area contributed by atoms with Crippen molar-refractivity contribution in [2.75, 3.05) is 0 Å². The molecule has 4 heteroatoms. The van der Waals surface area contributed by atoms with E-state index in [1.165, 1.54) is 188 Å². The van der Waals surface area contributed by atoms with Crippen LogP contribution in [-0.2, 0) is 21.7 Å². The van der Waals surface area contributed by atoms with Crippen LogP contribution in [0.15, 0.2) is 322 Å². The van der Waals surface area contributed by atoms with Crippen LogP contribution in [0, 0.1) is 6.07 Å². The lowest BCUT2D eigenvalue weighted by Gasteiger charge is -2.32. The van der Waals surface area contributed by atoms with Crippen LogP contribution in [0.4, 0.5) is 0 Å². The zero-order valence-corrected chi connectivity index (χ0v) is 74.7. The number of fused-ring (bicyclic) bond motifs is 21. The van der Waals surface area contributed by atoms with Crippen LogP contribution in [0.5, 0.6) is 0 Å². The lowest BCUT2D eigenvalue weighted by Crippen LogP contribution is -2.25. The Kier molecular flexibility index (Phi) is 19.1. The van der Waals surface area contributed by atoms with Gasteiger partial charge in [-0.3, -0.25) is 0 Å². The van der Waals surface area contributed by atoms with Crippen LogP contribution < -0.4 is 0 Å². The third kappa shape index (κ3) is 11.8. The van der Waals surface area contributed by atoms with Gasteiger partial charge in [0.05, 0.1) is 33.1 Å². The minimum absolute atomic E-state index is 0.0348. The molecule has 127 heavy (non-hydrogen) atoms. The van der Waals surface area contributed by atoms with Crippen LogP contribution in [0.1, 0.15) is 203 Å². The summed E-state index contributed by atoms with van der Waals surface area (Å²) in [4.78, 5) is 4.88. The highest BCUT2D eigenvalue weighted by Crippen LogP contribution is 2.60. The molecule has 0 bridgehead atoms. The van der Waals surface area contributed by atoms with E-state index in [9.17, 15) is 0 Å². The molecule has 0 fully saturated rings. The molecule has 4 aliphatic carbocycles. The van der Waals surface area contributed by atoms with Gasteiger partial charge in [-0.1, -0.05) is 289 Å². The van der Waals surface area contributed by atoms with Crippen molar-refractivity contribution in [3.05, 3.63) is 372 Å². The van der Waals surface area contributed by atoms with Crippen LogP contribution >= 0.6 is 0 Å². The first-order valence-corrected chi connectivity index (χ1v) is 47.7. The summed E-state index contributed by atoms with van der Waals surface area (Å²) in [5, 5.41) is 7.29. The molecule has 4 aromatic heterocycles. The van der Waals surface area contributed by atoms with Gasteiger partial charge in [0, 0.05) is 71.5 Å². The second-order valence-electron chi connectivity index (χ2n) is 37.6. The van der Waals surface area contributed by atoms with E-state index in [4.69, 9.17) is 4.98 Å². The van der Waals surface area contributed by atoms with Gasteiger partial charge in [0.25, 0.3) is 0 Å². The van der Waals surface area contributed by atoms with Crippen molar-refractivity contribution < 1.29 is 0 Å². The maximum Gasteiger partial charge on any atom is 0.0541 e. The highest BCUT2D eigenvalue weighted by Gasteiger charge is 2.46. The summed E-state index contributed by atoms with van der Waals surface area (Å²) < 4.78 is 7.63. The average Bonchev–Trinajstić information content (AvgIpc) is 1.57. The van der Waals surface area contributed by atoms with Gasteiger partial charge >= 0.3 is 0 Å². The first-order chi connectivity index (χ1) is 62.5. The normalized spacial score (nSPS) is 14.4. The predicted molar refractivity (Wildman–Crippen MR) is 537 cm³/mol. The van der Waals surface area contributed by atoms with E-state index in [1.54, 1.807) is 0 Å². The minimum Gasteiger partial charge on any atom is -0.327 e. The zero-order valence-electron chi connectivity index (χ0n) is 74.7. The molecule has 0 amide bonds. The Morgan fingerprint density at radius 1 is 0.220 bits per heavy atom. The van der Waals surface area contributed by atoms with Crippen molar-refractivity contribution >= 4 is 65.4 Å². The van der Waals surface area contributed by atoms with Gasteiger partial charge in [0.1, 0.15) is 0 Å². The SMILES string of the molecule is CCCC1(CCC)c2ccccc2-c2ccc(-c3ccc4c(c3)c3cc(-c5ccc6c(c5)C(CCC)(CCC)c5ccccc5-6)ccc3n4-c3ccc4c(c3)c3cc(-n5c6ccc(-c7ccc8c(c7)C(CCC)(CCC)c7ccccc7-8)cc6c6cc(-c7ccc8c(c7)C(CCC)(CCC)c7ccccc7-8)ccc65)ccc3n4-c3cc[c-]c(-c4ccccn4)c3)cc21. The topological polar surface area (TPSA) is 27.7 Å². The van der Waals surface area contributed by atoms with Gasteiger partial charge in [0.2, 0.25) is 0 Å². The standard InChI is InChI=1S/C123H109N4/c1-9-59-120(60-10-2)105-34-21-17-30-91(105)95-49-39-83(73-109(95)120)79-43-53-114-99(69-79)100-70-80(84-40-50-96-92-31-18-22-35-106(92)121(61-11-3,62-12-4)110(96)74-84)44-54-115(100)126(114)89-47-57-118-103(77-89)104-78-90(48-58-119(104)125(118)88-29-27-28-87(68-88)113-38-25-26-67-124-113)127-116-55-45-81(85-41-51-97-93-32-19-23-36-107(93)122(63-13-5,64-14-6)111(97)75-85)71-101(116)102-72-82(46-56-117(102)127)86-42-52-98-94-33-20-24-37-108(94)123(65-15-7,66-16-8)112(98)76-86/h17-27,29-58,67-78H,9-16,59-66H2,1-8H3/q-1. The number of pyridine rings is 1. The monoisotopic (exact) mass is 1640 g/mol. The smallest absolute Gasteiger partial charge is 0.0541 e. The number of nitrogens with zero attached hydrogens (tertiary/aromatic N) is 4. The van der Waals surface area contributed by atoms with E-state index < -0.39 is 0 Å². The summed E-state index contributed by atoms with van der Waals surface area (Å²) in [6, 6.07) is 127. The van der Waals surface area contributed by atoms with E-state index >= 15 is 0 Å². The number of aromatic nitrogens is 4. The van der Waals surface area contributed by atoms with Gasteiger partial charge in [-0.2, -0.15) is 0 Å². The summed E-state index contributed by atoms with van der Waals surface area (Å²) in [7, 11) is 0. The fourth-order valence-corrected chi connectivity index (χ4v) is 25.7. The van der Waals surface area contributed by atoms with E-state index in [2.05, 4.69) is 385 Å². The molecule has 0 unspecified atom stereocenters. The number of rotatable bonds is 24. The Bertz CT molecular complexity index is 6880. The molecule has 19 aromatic rings. The molecule has 0 aliphatic heterocycles. The highest BCUT2D eigenvalue weighted by molar-refractivity contribution is 6.16. The quantitative estimate of drug-likeness (QED) is 0.0554. The van der Waals surface area contributed by atoms with E-state index in [1.807, 2.05) is 12.3 Å². The molecular weight excluding hydrogens is 1530 g/mol. The van der Waals surface area contributed by atoms with Gasteiger partial charge in [-0.05, 0) is 312 Å². The highest BCUT2D eigenvalue weighted by atomic mass is 15.0. The molecule has 0 saturated carbocycles. The average molecular weight is 1640 g/mol. The van der Waals surface area contributed by atoms with Gasteiger partial charge in [-0.15, -0.1) is 29.8 Å². The summed E-state index contributed by atoms with van der Waals surface area (Å²) in [6.45, 7) is 19.0. The second-order valence-corrected chi connectivity index (χ2v) is 37.6. The number of hydrogen-bond acceptors (Lipinski definition) is 1. The molecule has 0 atom stereocenters. The Morgan fingerprint density at radius 3 is 0.748 bits per heavy atom. The Morgan fingerprint density at radius 2 is 0.465 bits per heavy atom. The van der Waals surface area contributed by atoms with Crippen LogP contribution in [0.25, 0.3) is 183 Å². The molecule has 23 rings (SSSR count). The van der Waals surface area contributed by atoms with Crippen molar-refractivity contribution in [3.8, 4) is 117 Å².